The zero-order valence-electron chi connectivity index (χ0n) is 24.8. The minimum atomic E-state index is -3.12. The highest BCUT2D eigenvalue weighted by molar-refractivity contribution is 7.99. The molecular formula is C28H25Cl3F3N5O7S. The second kappa shape index (κ2) is 16.7. The quantitative estimate of drug-likeness (QED) is 0.106. The number of aromatic nitrogens is 5. The third-order valence-electron chi connectivity index (χ3n) is 5.93. The Morgan fingerprint density at radius 3 is 2.23 bits per heavy atom. The van der Waals surface area contributed by atoms with Gasteiger partial charge >= 0.3 is 24.2 Å². The average molecular weight is 739 g/mol. The Labute approximate surface area is 284 Å². The molecule has 1 atom stereocenters. The van der Waals surface area contributed by atoms with Gasteiger partial charge in [0.15, 0.2) is 11.0 Å². The van der Waals surface area contributed by atoms with Crippen LogP contribution in [-0.4, -0.2) is 67.6 Å². The summed E-state index contributed by atoms with van der Waals surface area (Å²) in [4.78, 5) is 43.7. The molecule has 0 amide bonds. The highest BCUT2D eigenvalue weighted by Crippen LogP contribution is 2.34. The second-order valence-corrected chi connectivity index (χ2v) is 11.3. The Morgan fingerprint density at radius 2 is 1.70 bits per heavy atom. The van der Waals surface area contributed by atoms with Gasteiger partial charge in [0.25, 0.3) is 0 Å². The Bertz CT molecular complexity index is 1800. The highest BCUT2D eigenvalue weighted by atomic mass is 35.5. The van der Waals surface area contributed by atoms with Gasteiger partial charge in [-0.25, -0.2) is 18.5 Å². The molecule has 0 aliphatic rings. The molecule has 0 fully saturated rings. The van der Waals surface area contributed by atoms with Gasteiger partial charge in [-0.05, 0) is 55.4 Å². The summed E-state index contributed by atoms with van der Waals surface area (Å²) in [5.74, 6) is -2.39. The number of aromatic carboxylic acids is 1. The fourth-order valence-corrected chi connectivity index (χ4v) is 5.48. The lowest BCUT2D eigenvalue weighted by Crippen LogP contribution is -2.25. The smallest absolute Gasteiger partial charge is 0.355 e. The minimum Gasteiger partial charge on any atom is -0.481 e. The number of carboxylic acids is 1. The second-order valence-electron chi connectivity index (χ2n) is 8.96. The van der Waals surface area contributed by atoms with Crippen LogP contribution < -0.4 is 15.2 Å². The van der Waals surface area contributed by atoms with Crippen molar-refractivity contribution in [3.63, 3.8) is 0 Å². The minimum absolute atomic E-state index is 0.00885. The molecule has 252 valence electrons. The van der Waals surface area contributed by atoms with Gasteiger partial charge in [-0.3, -0.25) is 4.79 Å². The molecule has 0 radical (unpaired) electrons. The van der Waals surface area contributed by atoms with Gasteiger partial charge in [-0.2, -0.15) is 23.4 Å². The van der Waals surface area contributed by atoms with Crippen molar-refractivity contribution in [2.45, 2.75) is 42.2 Å². The molecule has 0 saturated heterocycles. The predicted molar refractivity (Wildman–Crippen MR) is 166 cm³/mol. The van der Waals surface area contributed by atoms with Crippen LogP contribution in [0, 0.1) is 12.7 Å². The number of aryl methyl sites for hydroxylation is 1. The van der Waals surface area contributed by atoms with Crippen LogP contribution in [0.25, 0.3) is 5.69 Å². The van der Waals surface area contributed by atoms with Crippen molar-refractivity contribution in [3.05, 3.63) is 79.7 Å². The van der Waals surface area contributed by atoms with Gasteiger partial charge in [0.05, 0.1) is 37.5 Å². The normalized spacial score (nSPS) is 11.5. The van der Waals surface area contributed by atoms with Gasteiger partial charge in [-0.15, -0.1) is 16.7 Å². The maximum absolute atomic E-state index is 14.2. The van der Waals surface area contributed by atoms with E-state index in [9.17, 15) is 32.7 Å². The molecular weight excluding hydrogens is 714 g/mol. The van der Waals surface area contributed by atoms with Crippen LogP contribution >= 0.6 is 46.6 Å². The first-order valence-corrected chi connectivity index (χ1v) is 15.1. The number of carbonyl (C=O) groups excluding carboxylic acids is 1. The first kappa shape index (κ1) is 37.5. The van der Waals surface area contributed by atoms with Crippen LogP contribution in [0.3, 0.4) is 0 Å². The van der Waals surface area contributed by atoms with Crippen molar-refractivity contribution in [1.29, 1.82) is 0 Å². The fourth-order valence-electron chi connectivity index (χ4n) is 3.80. The molecule has 4 rings (SSSR count). The van der Waals surface area contributed by atoms with Crippen LogP contribution in [0.5, 0.6) is 11.8 Å². The van der Waals surface area contributed by atoms with E-state index in [0.717, 1.165) is 23.9 Å². The van der Waals surface area contributed by atoms with Crippen LogP contribution in [0.2, 0.25) is 10.0 Å². The Balaban J connectivity index is 0.000000261. The van der Waals surface area contributed by atoms with Crippen LogP contribution in [0.15, 0.2) is 51.2 Å². The lowest BCUT2D eigenvalue weighted by molar-refractivity contribution is -0.142. The predicted octanol–water partition coefficient (Wildman–Crippen LogP) is 6.24. The number of nitrogens with zero attached hydrogens (tertiary/aromatic N) is 5. The monoisotopic (exact) mass is 737 g/mol. The van der Waals surface area contributed by atoms with Gasteiger partial charge in [0, 0.05) is 16.3 Å². The molecule has 1 N–H and O–H groups in total. The molecule has 1 unspecified atom stereocenters. The average Bonchev–Trinajstić information content (AvgIpc) is 3.31. The fraction of sp³-hybridized carbons (Fsp3) is 0.286. The van der Waals surface area contributed by atoms with E-state index in [1.807, 2.05) is 0 Å². The Morgan fingerprint density at radius 1 is 1.06 bits per heavy atom. The van der Waals surface area contributed by atoms with Crippen molar-refractivity contribution in [2.75, 3.05) is 20.8 Å². The van der Waals surface area contributed by atoms with Crippen molar-refractivity contribution in [3.8, 4) is 17.4 Å². The van der Waals surface area contributed by atoms with Crippen LogP contribution in [0.1, 0.15) is 35.2 Å². The summed E-state index contributed by atoms with van der Waals surface area (Å²) >= 11 is 18.9. The number of alkyl halides is 3. The maximum Gasteiger partial charge on any atom is 0.355 e. The summed E-state index contributed by atoms with van der Waals surface area (Å²) in [5.41, 5.74) is -1.36. The summed E-state index contributed by atoms with van der Waals surface area (Å²) < 4.78 is 55.6. The standard InChI is InChI=1S/C15H14Cl2F3N3O3.C13H11ClN2O4S/c1-3-26-13(24)10(17)4-8-5-12(11(18)6-9(8)16)23-15(25)22(14(19)20)7(2)21-23;1-19-9-6-10(20-2)16-13(15-9)21-8-5-3-4-7(14)11(8)12(17)18/h5-6,10,14H,3-4H2,1-2H3;3-6H,1-2H3,(H,17,18). The molecule has 4 aromatic rings. The first-order valence-electron chi connectivity index (χ1n) is 13.1. The summed E-state index contributed by atoms with van der Waals surface area (Å²) in [5, 5.41) is 12.2. The number of rotatable bonds is 11. The summed E-state index contributed by atoms with van der Waals surface area (Å²) in [6.07, 6.45) is -0.115. The van der Waals surface area contributed by atoms with E-state index < -0.39 is 35.4 Å². The van der Waals surface area contributed by atoms with Gasteiger partial charge < -0.3 is 19.3 Å². The van der Waals surface area contributed by atoms with E-state index in [1.54, 1.807) is 19.1 Å². The van der Waals surface area contributed by atoms with Gasteiger partial charge in [-0.1, -0.05) is 29.3 Å². The Kier molecular flexibility index (Phi) is 13.3. The molecule has 0 spiro atoms. The number of benzene rings is 2. The van der Waals surface area contributed by atoms with Crippen LogP contribution in [-0.2, 0) is 16.0 Å². The zero-order chi connectivity index (χ0) is 35.0. The number of methoxy groups -OCH3 is 2. The van der Waals surface area contributed by atoms with E-state index >= 15 is 0 Å². The number of halogens is 6. The molecule has 0 bridgehead atoms. The largest absolute Gasteiger partial charge is 0.481 e. The number of esters is 1. The zero-order valence-corrected chi connectivity index (χ0v) is 27.9. The first-order chi connectivity index (χ1) is 22.2. The lowest BCUT2D eigenvalue weighted by atomic mass is 10.1. The molecule has 47 heavy (non-hydrogen) atoms. The number of ether oxygens (including phenoxy) is 3. The summed E-state index contributed by atoms with van der Waals surface area (Å²) in [6, 6.07) is 8.37. The lowest BCUT2D eigenvalue weighted by Gasteiger charge is -2.12. The van der Waals surface area contributed by atoms with E-state index in [-0.39, 0.29) is 50.3 Å². The number of carboxylic acid groups (broad SMARTS) is 1. The molecule has 12 nitrogen and oxygen atoms in total. The molecule has 0 aliphatic carbocycles. The van der Waals surface area contributed by atoms with E-state index in [4.69, 9.17) is 49.0 Å². The van der Waals surface area contributed by atoms with E-state index in [2.05, 4.69) is 15.1 Å². The van der Waals surface area contributed by atoms with E-state index in [0.29, 0.717) is 26.5 Å². The van der Waals surface area contributed by atoms with Crippen LogP contribution in [0.4, 0.5) is 13.2 Å². The van der Waals surface area contributed by atoms with Gasteiger partial charge in [0.1, 0.15) is 16.9 Å². The maximum atomic E-state index is 14.2. The molecule has 0 saturated carbocycles. The van der Waals surface area contributed by atoms with Gasteiger partial charge in [0.2, 0.25) is 11.8 Å². The third kappa shape index (κ3) is 9.31. The molecule has 2 aromatic heterocycles. The van der Waals surface area contributed by atoms with E-state index in [1.165, 1.54) is 33.3 Å². The van der Waals surface area contributed by atoms with Crippen molar-refractivity contribution in [1.82, 2.24) is 24.3 Å². The number of hydrogen-bond acceptors (Lipinski definition) is 10. The van der Waals surface area contributed by atoms with Crippen molar-refractivity contribution in [2.24, 2.45) is 0 Å². The number of carbonyl (C=O) groups is 2. The highest BCUT2D eigenvalue weighted by Gasteiger charge is 2.24. The summed E-state index contributed by atoms with van der Waals surface area (Å²) in [7, 11) is 2.94. The topological polar surface area (TPSA) is 148 Å². The Hall–Kier alpha value is -3.99. The van der Waals surface area contributed by atoms with Crippen molar-refractivity contribution >= 4 is 58.5 Å². The third-order valence-corrected chi connectivity index (χ3v) is 7.85. The number of hydrogen-bond donors (Lipinski definition) is 1. The molecule has 2 heterocycles. The summed E-state index contributed by atoms with van der Waals surface area (Å²) in [6.45, 7) is -0.195. The molecule has 0 aliphatic heterocycles. The SMILES string of the molecule is CCOC(=O)C(Cl)Cc1cc(-n2nc(C)n(C(F)F)c2=O)c(F)cc1Cl.COc1cc(OC)nc(Sc2cccc(Cl)c2C(=O)O)n1. The molecule has 2 aromatic carbocycles. The van der Waals surface area contributed by atoms with Crippen molar-refractivity contribution < 1.29 is 42.1 Å². The molecule has 19 heteroatoms.